The van der Waals surface area contributed by atoms with Gasteiger partial charge in [0.05, 0.1) is 16.6 Å². The van der Waals surface area contributed by atoms with Gasteiger partial charge in [-0.3, -0.25) is 9.59 Å². The molecule has 1 atom stereocenters. The number of nitrogens with one attached hydrogen (secondary N) is 2. The van der Waals surface area contributed by atoms with Crippen LogP contribution in [0, 0.1) is 10.8 Å². The fourth-order valence-corrected chi connectivity index (χ4v) is 5.28. The second kappa shape index (κ2) is 5.11. The Kier molecular flexibility index (Phi) is 3.39. The number of hydrogen-bond donors (Lipinski definition) is 2. The van der Waals surface area contributed by atoms with Gasteiger partial charge in [0.25, 0.3) is 0 Å². The summed E-state index contributed by atoms with van der Waals surface area (Å²) in [7, 11) is 0. The second-order valence-electron chi connectivity index (χ2n) is 8.11. The van der Waals surface area contributed by atoms with Crippen LogP contribution >= 0.6 is 11.3 Å². The summed E-state index contributed by atoms with van der Waals surface area (Å²) < 4.78 is 0. The van der Waals surface area contributed by atoms with Crippen LogP contribution in [0.15, 0.2) is 0 Å². The topological polar surface area (TPSA) is 71.1 Å². The highest BCUT2D eigenvalue weighted by Crippen LogP contribution is 2.46. The number of thiazole rings is 1. The maximum atomic E-state index is 12.6. The van der Waals surface area contributed by atoms with Gasteiger partial charge < -0.3 is 10.6 Å². The number of Topliss-reactive ketones (excluding diaryl/α,β-unsaturated/α-hetero) is 1. The Bertz CT molecular complexity index is 673. The molecule has 1 aromatic rings. The van der Waals surface area contributed by atoms with E-state index in [0.717, 1.165) is 36.4 Å². The standard InChI is InChI=1S/C17H23N3O2S/c1-16(2)7-10-12(11(21)8-16)23-15(19-10)20-14(22)13-17(9-18-13)5-3-4-6-17/h13,18H,3-9H2,1-2H3,(H,19,20,22). The molecule has 1 unspecified atom stereocenters. The molecule has 124 valence electrons. The van der Waals surface area contributed by atoms with Crippen LogP contribution in [-0.2, 0) is 11.2 Å². The smallest absolute Gasteiger partial charge is 0.243 e. The number of amides is 1. The third-order valence-electron chi connectivity index (χ3n) is 5.60. The molecule has 1 saturated heterocycles. The quantitative estimate of drug-likeness (QED) is 0.873. The van der Waals surface area contributed by atoms with Gasteiger partial charge in [0.2, 0.25) is 5.91 Å². The Morgan fingerprint density at radius 3 is 2.70 bits per heavy atom. The molecule has 1 aromatic heterocycles. The molecule has 3 aliphatic rings. The maximum Gasteiger partial charge on any atom is 0.243 e. The number of anilines is 1. The first-order valence-corrected chi connectivity index (χ1v) is 9.27. The molecule has 2 fully saturated rings. The fourth-order valence-electron chi connectivity index (χ4n) is 4.36. The Hall–Kier alpha value is -1.27. The van der Waals surface area contributed by atoms with Crippen molar-refractivity contribution in [1.82, 2.24) is 10.3 Å². The molecule has 1 spiro atoms. The van der Waals surface area contributed by atoms with E-state index in [4.69, 9.17) is 0 Å². The number of aromatic nitrogens is 1. The van der Waals surface area contributed by atoms with Crippen LogP contribution in [0.1, 0.15) is 61.3 Å². The van der Waals surface area contributed by atoms with Crippen LogP contribution in [0.4, 0.5) is 5.13 Å². The first-order valence-electron chi connectivity index (χ1n) is 8.46. The van der Waals surface area contributed by atoms with Gasteiger partial charge in [0.15, 0.2) is 10.9 Å². The van der Waals surface area contributed by atoms with Gasteiger partial charge in [-0.2, -0.15) is 0 Å². The van der Waals surface area contributed by atoms with Crippen molar-refractivity contribution in [2.45, 2.75) is 58.4 Å². The molecule has 2 N–H and O–H groups in total. The summed E-state index contributed by atoms with van der Waals surface area (Å²) in [6.45, 7) is 5.13. The van der Waals surface area contributed by atoms with E-state index in [9.17, 15) is 9.59 Å². The van der Waals surface area contributed by atoms with Crippen LogP contribution in [0.5, 0.6) is 0 Å². The monoisotopic (exact) mass is 333 g/mol. The number of ketones is 1. The van der Waals surface area contributed by atoms with Crippen molar-refractivity contribution < 1.29 is 9.59 Å². The molecular weight excluding hydrogens is 310 g/mol. The van der Waals surface area contributed by atoms with Crippen LogP contribution in [0.3, 0.4) is 0 Å². The highest BCUT2D eigenvalue weighted by Gasteiger charge is 2.51. The van der Waals surface area contributed by atoms with Crippen molar-refractivity contribution in [2.24, 2.45) is 10.8 Å². The van der Waals surface area contributed by atoms with Crippen molar-refractivity contribution in [3.8, 4) is 0 Å². The van der Waals surface area contributed by atoms with E-state index in [1.165, 1.54) is 24.2 Å². The van der Waals surface area contributed by atoms with Crippen molar-refractivity contribution in [3.05, 3.63) is 10.6 Å². The Morgan fingerprint density at radius 2 is 2.04 bits per heavy atom. The predicted molar refractivity (Wildman–Crippen MR) is 89.9 cm³/mol. The molecule has 1 amide bonds. The lowest BCUT2D eigenvalue weighted by Crippen LogP contribution is -2.66. The summed E-state index contributed by atoms with van der Waals surface area (Å²) in [4.78, 5) is 30.1. The van der Waals surface area contributed by atoms with Crippen molar-refractivity contribution in [2.75, 3.05) is 11.9 Å². The minimum absolute atomic E-state index is 0.0101. The van der Waals surface area contributed by atoms with Gasteiger partial charge in [-0.15, -0.1) is 0 Å². The average molecular weight is 333 g/mol. The van der Waals surface area contributed by atoms with Crippen LogP contribution < -0.4 is 10.6 Å². The normalized spacial score (nSPS) is 27.6. The maximum absolute atomic E-state index is 12.6. The largest absolute Gasteiger partial charge is 0.305 e. The molecule has 0 radical (unpaired) electrons. The van der Waals surface area contributed by atoms with Crippen LogP contribution in [0.25, 0.3) is 0 Å². The Morgan fingerprint density at radius 1 is 1.30 bits per heavy atom. The number of hydrogen-bond acceptors (Lipinski definition) is 5. The molecule has 4 rings (SSSR count). The van der Waals surface area contributed by atoms with Crippen molar-refractivity contribution in [1.29, 1.82) is 0 Å². The van der Waals surface area contributed by atoms with Gasteiger partial charge in [-0.25, -0.2) is 4.98 Å². The SMILES string of the molecule is CC1(C)CC(=O)c2sc(NC(=O)C3NCC34CCCC4)nc2C1. The second-order valence-corrected chi connectivity index (χ2v) is 9.11. The molecule has 1 saturated carbocycles. The molecule has 1 aliphatic heterocycles. The molecule has 2 heterocycles. The van der Waals surface area contributed by atoms with E-state index in [-0.39, 0.29) is 28.6 Å². The lowest BCUT2D eigenvalue weighted by Gasteiger charge is -2.47. The van der Waals surface area contributed by atoms with Crippen LogP contribution in [0.2, 0.25) is 0 Å². The highest BCUT2D eigenvalue weighted by molar-refractivity contribution is 7.17. The average Bonchev–Trinajstić information content (AvgIpc) is 3.03. The lowest BCUT2D eigenvalue weighted by molar-refractivity contribution is -0.125. The fraction of sp³-hybridized carbons (Fsp3) is 0.706. The zero-order valence-electron chi connectivity index (χ0n) is 13.7. The van der Waals surface area contributed by atoms with E-state index >= 15 is 0 Å². The molecule has 0 aromatic carbocycles. The number of fused-ring (bicyclic) bond motifs is 1. The number of rotatable bonds is 2. The van der Waals surface area contributed by atoms with E-state index < -0.39 is 0 Å². The number of nitrogens with zero attached hydrogens (tertiary/aromatic N) is 1. The summed E-state index contributed by atoms with van der Waals surface area (Å²) in [6, 6.07) is -0.0990. The zero-order valence-corrected chi connectivity index (χ0v) is 14.5. The molecule has 0 bridgehead atoms. The zero-order chi connectivity index (χ0) is 16.2. The minimum Gasteiger partial charge on any atom is -0.305 e. The van der Waals surface area contributed by atoms with Gasteiger partial charge in [-0.05, 0) is 24.7 Å². The van der Waals surface area contributed by atoms with Gasteiger partial charge in [0, 0.05) is 18.4 Å². The molecular formula is C17H23N3O2S. The first-order chi connectivity index (χ1) is 10.9. The number of carbonyl (C=O) groups excluding carboxylic acids is 2. The summed E-state index contributed by atoms with van der Waals surface area (Å²) in [6.07, 6.45) is 6.08. The Balaban J connectivity index is 1.50. The van der Waals surface area contributed by atoms with E-state index in [0.29, 0.717) is 11.6 Å². The van der Waals surface area contributed by atoms with Gasteiger partial charge >= 0.3 is 0 Å². The summed E-state index contributed by atoms with van der Waals surface area (Å²) in [5.41, 5.74) is 0.977. The van der Waals surface area contributed by atoms with Gasteiger partial charge in [0.1, 0.15) is 0 Å². The van der Waals surface area contributed by atoms with Crippen molar-refractivity contribution >= 4 is 28.2 Å². The van der Waals surface area contributed by atoms with E-state index in [1.54, 1.807) is 0 Å². The minimum atomic E-state index is -0.0990. The van der Waals surface area contributed by atoms with Gasteiger partial charge in [-0.1, -0.05) is 38.0 Å². The molecule has 23 heavy (non-hydrogen) atoms. The summed E-state index contributed by atoms with van der Waals surface area (Å²) in [5, 5.41) is 6.81. The summed E-state index contributed by atoms with van der Waals surface area (Å²) >= 11 is 1.34. The summed E-state index contributed by atoms with van der Waals surface area (Å²) in [5.74, 6) is 0.166. The number of carbonyl (C=O) groups is 2. The van der Waals surface area contributed by atoms with E-state index in [2.05, 4.69) is 29.5 Å². The third kappa shape index (κ3) is 2.52. The lowest BCUT2D eigenvalue weighted by atomic mass is 9.71. The molecule has 2 aliphatic carbocycles. The van der Waals surface area contributed by atoms with E-state index in [1.807, 2.05) is 0 Å². The predicted octanol–water partition coefficient (Wildman–Crippen LogP) is 2.77. The van der Waals surface area contributed by atoms with Crippen LogP contribution in [-0.4, -0.2) is 29.3 Å². The molecule has 6 heteroatoms. The highest BCUT2D eigenvalue weighted by atomic mass is 32.1. The molecule has 5 nitrogen and oxygen atoms in total. The first kappa shape index (κ1) is 15.3. The third-order valence-corrected chi connectivity index (χ3v) is 6.65. The Labute approximate surface area is 140 Å². The van der Waals surface area contributed by atoms with Crippen molar-refractivity contribution in [3.63, 3.8) is 0 Å².